The number of carbonyl (C=O) groups excluding carboxylic acids is 1. The van der Waals surface area contributed by atoms with Crippen LogP contribution in [0.2, 0.25) is 13.3 Å². The third-order valence-electron chi connectivity index (χ3n) is 4.62. The van der Waals surface area contributed by atoms with Crippen molar-refractivity contribution in [3.05, 3.63) is 29.8 Å². The summed E-state index contributed by atoms with van der Waals surface area (Å²) in [6, 6.07) is 8.46. The van der Waals surface area contributed by atoms with Gasteiger partial charge in [-0.05, 0) is 0 Å². The van der Waals surface area contributed by atoms with Gasteiger partial charge in [0, 0.05) is 0 Å². The van der Waals surface area contributed by atoms with Crippen molar-refractivity contribution in [2.24, 2.45) is 0 Å². The van der Waals surface area contributed by atoms with Gasteiger partial charge in [0.05, 0.1) is 0 Å². The van der Waals surface area contributed by atoms with Gasteiger partial charge in [0.15, 0.2) is 0 Å². The molecule has 0 fully saturated rings. The molecule has 0 aliphatic heterocycles. The predicted octanol–water partition coefficient (Wildman–Crippen LogP) is 5.20. The molecule has 117 valence electrons. The van der Waals surface area contributed by atoms with Crippen LogP contribution in [0.15, 0.2) is 24.3 Å². The Balaban J connectivity index is 3.11. The van der Waals surface area contributed by atoms with Gasteiger partial charge in [0.2, 0.25) is 0 Å². The molecule has 0 aromatic heterocycles. The van der Waals surface area contributed by atoms with Crippen molar-refractivity contribution in [1.29, 1.82) is 0 Å². The zero-order valence-electron chi connectivity index (χ0n) is 14.1. The Kier molecular flexibility index (Phi) is 9.30. The molecule has 1 aromatic rings. The predicted molar refractivity (Wildman–Crippen MR) is 95.8 cm³/mol. The molecule has 0 amide bonds. The van der Waals surface area contributed by atoms with Crippen molar-refractivity contribution in [2.75, 3.05) is 0 Å². The van der Waals surface area contributed by atoms with E-state index in [2.05, 4.69) is 45.3 Å². The maximum absolute atomic E-state index is 11.0. The number of unbranched alkanes of at least 4 members (excludes halogenated alkanes) is 3. The van der Waals surface area contributed by atoms with Crippen LogP contribution in [0.3, 0.4) is 0 Å². The van der Waals surface area contributed by atoms with E-state index in [1.165, 1.54) is 51.8 Å². The zero-order valence-corrected chi connectivity index (χ0v) is 16.9. The molecular formula is C19H31OSn. The molecule has 0 aliphatic carbocycles. The SMILES string of the molecule is CCC[CH2][Sn]([CH2]CCC)([CH2]CCC)[c]1cccc([C]=O)c1. The fourth-order valence-corrected chi connectivity index (χ4v) is 19.3. The average Bonchev–Trinajstić information content (AvgIpc) is 2.54. The van der Waals surface area contributed by atoms with Crippen LogP contribution in [0, 0.1) is 0 Å². The summed E-state index contributed by atoms with van der Waals surface area (Å²) in [5.74, 6) is 0. The fraction of sp³-hybridized carbons (Fsp3) is 0.632. The first-order valence-corrected chi connectivity index (χ1v) is 16.2. The Morgan fingerprint density at radius 2 is 1.43 bits per heavy atom. The molecule has 0 heterocycles. The molecule has 21 heavy (non-hydrogen) atoms. The van der Waals surface area contributed by atoms with Gasteiger partial charge in [-0.1, -0.05) is 0 Å². The van der Waals surface area contributed by atoms with Crippen LogP contribution in [0.5, 0.6) is 0 Å². The molecule has 1 radical (unpaired) electrons. The summed E-state index contributed by atoms with van der Waals surface area (Å²) in [6.07, 6.45) is 10.0. The molecule has 0 atom stereocenters. The number of benzene rings is 1. The van der Waals surface area contributed by atoms with Gasteiger partial charge in [-0.15, -0.1) is 0 Å². The fourth-order valence-electron chi connectivity index (χ4n) is 3.27. The third kappa shape index (κ3) is 5.77. The average molecular weight is 394 g/mol. The Bertz CT molecular complexity index is 392. The molecule has 1 nitrogen and oxygen atoms in total. The van der Waals surface area contributed by atoms with Crippen LogP contribution in [-0.4, -0.2) is 24.7 Å². The normalized spacial score (nSPS) is 11.6. The summed E-state index contributed by atoms with van der Waals surface area (Å²) < 4.78 is 5.93. The molecule has 1 rings (SSSR count). The minimum absolute atomic E-state index is 0.748. The maximum atomic E-state index is 11.0. The molecule has 0 N–H and O–H groups in total. The van der Waals surface area contributed by atoms with E-state index in [0.717, 1.165) is 5.56 Å². The van der Waals surface area contributed by atoms with Crippen LogP contribution in [0.1, 0.15) is 64.9 Å². The Labute approximate surface area is 135 Å². The van der Waals surface area contributed by atoms with E-state index in [-0.39, 0.29) is 0 Å². The van der Waals surface area contributed by atoms with Crippen LogP contribution >= 0.6 is 0 Å². The number of hydrogen-bond acceptors (Lipinski definition) is 1. The van der Waals surface area contributed by atoms with E-state index >= 15 is 0 Å². The summed E-state index contributed by atoms with van der Waals surface area (Å²) in [5, 5.41) is 0. The number of rotatable bonds is 11. The minimum atomic E-state index is -2.34. The van der Waals surface area contributed by atoms with Crippen molar-refractivity contribution >= 4 is 28.2 Å². The molecule has 0 spiro atoms. The summed E-state index contributed by atoms with van der Waals surface area (Å²) >= 11 is -2.34. The van der Waals surface area contributed by atoms with Gasteiger partial charge < -0.3 is 0 Å². The van der Waals surface area contributed by atoms with Crippen LogP contribution in [0.4, 0.5) is 0 Å². The third-order valence-corrected chi connectivity index (χ3v) is 20.2. The van der Waals surface area contributed by atoms with E-state index in [1.54, 1.807) is 3.58 Å². The van der Waals surface area contributed by atoms with Gasteiger partial charge in [-0.2, -0.15) is 0 Å². The van der Waals surface area contributed by atoms with Crippen molar-refractivity contribution in [2.45, 2.75) is 72.6 Å². The molecule has 2 heteroatoms. The molecular weight excluding hydrogens is 363 g/mol. The van der Waals surface area contributed by atoms with Crippen molar-refractivity contribution in [3.8, 4) is 0 Å². The summed E-state index contributed by atoms with van der Waals surface area (Å²) in [5.41, 5.74) is 0.748. The van der Waals surface area contributed by atoms with Gasteiger partial charge >= 0.3 is 135 Å². The summed E-state index contributed by atoms with van der Waals surface area (Å²) in [7, 11) is 0. The standard InChI is InChI=1S/C7H4O.3C4H9.Sn/c8-6-7-4-2-1-3-5-7;3*1-3-4-2;/h1-2,4-5H;3*1,3-4H2,2H3;. The van der Waals surface area contributed by atoms with E-state index in [9.17, 15) is 4.79 Å². The molecule has 0 unspecified atom stereocenters. The van der Waals surface area contributed by atoms with Crippen molar-refractivity contribution < 1.29 is 4.79 Å². The van der Waals surface area contributed by atoms with Gasteiger partial charge in [-0.25, -0.2) is 0 Å². The topological polar surface area (TPSA) is 17.1 Å². The van der Waals surface area contributed by atoms with Crippen molar-refractivity contribution in [3.63, 3.8) is 0 Å². The Morgan fingerprint density at radius 3 is 1.86 bits per heavy atom. The van der Waals surface area contributed by atoms with E-state index in [4.69, 9.17) is 0 Å². The van der Waals surface area contributed by atoms with Crippen LogP contribution in [0.25, 0.3) is 0 Å². The van der Waals surface area contributed by atoms with E-state index < -0.39 is 18.4 Å². The van der Waals surface area contributed by atoms with Crippen LogP contribution < -0.4 is 3.58 Å². The second-order valence-corrected chi connectivity index (χ2v) is 19.5. The monoisotopic (exact) mass is 395 g/mol. The Morgan fingerprint density at radius 1 is 0.905 bits per heavy atom. The molecule has 0 aliphatic rings. The molecule has 0 saturated heterocycles. The second kappa shape index (κ2) is 10.4. The van der Waals surface area contributed by atoms with E-state index in [0.29, 0.717) is 0 Å². The molecule has 1 aromatic carbocycles. The quantitative estimate of drug-likeness (QED) is 0.472. The van der Waals surface area contributed by atoms with Gasteiger partial charge in [0.1, 0.15) is 0 Å². The first-order chi connectivity index (χ1) is 10.2. The molecule has 0 saturated carbocycles. The molecule has 0 bridgehead atoms. The van der Waals surface area contributed by atoms with E-state index in [1.807, 2.05) is 6.07 Å². The first-order valence-electron chi connectivity index (χ1n) is 8.71. The zero-order chi connectivity index (χ0) is 15.6. The summed E-state index contributed by atoms with van der Waals surface area (Å²) in [6.45, 7) is 6.89. The van der Waals surface area contributed by atoms with Gasteiger partial charge in [-0.3, -0.25) is 0 Å². The summed E-state index contributed by atoms with van der Waals surface area (Å²) in [4.78, 5) is 11.0. The first kappa shape index (κ1) is 18.7. The Hall–Kier alpha value is -0.311. The number of hydrogen-bond donors (Lipinski definition) is 0. The van der Waals surface area contributed by atoms with Gasteiger partial charge in [0.25, 0.3) is 0 Å². The van der Waals surface area contributed by atoms with Crippen LogP contribution in [-0.2, 0) is 4.79 Å². The second-order valence-electron chi connectivity index (χ2n) is 6.27. The van der Waals surface area contributed by atoms with Crippen molar-refractivity contribution in [1.82, 2.24) is 0 Å².